The standard InChI is InChI=1S/C11H21NO4/c1-4-5-8-16-11(14)9(12-2)6-7-10(13)15-3/h9,12H,4-8H2,1-3H3. The van der Waals surface area contributed by atoms with E-state index in [1.165, 1.54) is 7.11 Å². The summed E-state index contributed by atoms with van der Waals surface area (Å²) < 4.78 is 9.55. The van der Waals surface area contributed by atoms with Gasteiger partial charge in [0.25, 0.3) is 0 Å². The Morgan fingerprint density at radius 1 is 1.38 bits per heavy atom. The van der Waals surface area contributed by atoms with E-state index < -0.39 is 6.04 Å². The van der Waals surface area contributed by atoms with Crippen LogP contribution in [0.5, 0.6) is 0 Å². The number of likely N-dealkylation sites (N-methyl/N-ethyl adjacent to an activating group) is 1. The first-order valence-electron chi connectivity index (χ1n) is 5.56. The minimum atomic E-state index is -0.434. The molecule has 1 atom stereocenters. The second-order valence-corrected chi connectivity index (χ2v) is 3.48. The fraction of sp³-hybridized carbons (Fsp3) is 0.818. The summed E-state index contributed by atoms with van der Waals surface area (Å²) in [6.07, 6.45) is 2.46. The molecule has 1 unspecified atom stereocenters. The fourth-order valence-corrected chi connectivity index (χ4v) is 1.16. The van der Waals surface area contributed by atoms with Gasteiger partial charge in [-0.25, -0.2) is 0 Å². The lowest BCUT2D eigenvalue weighted by Gasteiger charge is -2.14. The molecule has 0 heterocycles. The molecule has 0 spiro atoms. The maximum Gasteiger partial charge on any atom is 0.323 e. The Morgan fingerprint density at radius 2 is 2.06 bits per heavy atom. The number of carbonyl (C=O) groups excluding carboxylic acids is 2. The van der Waals surface area contributed by atoms with Crippen LogP contribution in [0.25, 0.3) is 0 Å². The average molecular weight is 231 g/mol. The zero-order valence-electron chi connectivity index (χ0n) is 10.2. The van der Waals surface area contributed by atoms with E-state index in [0.717, 1.165) is 12.8 Å². The molecule has 0 saturated carbocycles. The van der Waals surface area contributed by atoms with Crippen LogP contribution in [-0.2, 0) is 19.1 Å². The number of rotatable bonds is 8. The molecule has 1 N–H and O–H groups in total. The van der Waals surface area contributed by atoms with E-state index in [1.54, 1.807) is 7.05 Å². The van der Waals surface area contributed by atoms with Crippen LogP contribution in [-0.4, -0.2) is 38.7 Å². The highest BCUT2D eigenvalue weighted by Gasteiger charge is 2.18. The molecule has 0 radical (unpaired) electrons. The number of hydrogen-bond donors (Lipinski definition) is 1. The van der Waals surface area contributed by atoms with Gasteiger partial charge in [0.15, 0.2) is 0 Å². The molecule has 0 aromatic rings. The molecule has 0 amide bonds. The highest BCUT2D eigenvalue weighted by Crippen LogP contribution is 2.02. The number of unbranched alkanes of at least 4 members (excludes halogenated alkanes) is 1. The molecule has 16 heavy (non-hydrogen) atoms. The molecule has 0 saturated heterocycles. The SMILES string of the molecule is CCCCOC(=O)C(CCC(=O)OC)NC. The van der Waals surface area contributed by atoms with Crippen molar-refractivity contribution in [1.82, 2.24) is 5.32 Å². The van der Waals surface area contributed by atoms with E-state index in [2.05, 4.69) is 10.1 Å². The van der Waals surface area contributed by atoms with Gasteiger partial charge in [-0.05, 0) is 19.9 Å². The van der Waals surface area contributed by atoms with Gasteiger partial charge >= 0.3 is 11.9 Å². The predicted octanol–water partition coefficient (Wildman–Crippen LogP) is 0.871. The monoisotopic (exact) mass is 231 g/mol. The largest absolute Gasteiger partial charge is 0.469 e. The van der Waals surface area contributed by atoms with Crippen LogP contribution in [0, 0.1) is 0 Å². The molecule has 0 aromatic heterocycles. The number of hydrogen-bond acceptors (Lipinski definition) is 5. The summed E-state index contributed by atoms with van der Waals surface area (Å²) in [5.41, 5.74) is 0. The summed E-state index contributed by atoms with van der Waals surface area (Å²) in [6, 6.07) is -0.434. The van der Waals surface area contributed by atoms with Gasteiger partial charge in [0.05, 0.1) is 13.7 Å². The second kappa shape index (κ2) is 9.15. The molecule has 94 valence electrons. The van der Waals surface area contributed by atoms with Crippen LogP contribution in [0.3, 0.4) is 0 Å². The van der Waals surface area contributed by atoms with E-state index in [9.17, 15) is 9.59 Å². The average Bonchev–Trinajstić information content (AvgIpc) is 2.29. The van der Waals surface area contributed by atoms with Crippen molar-refractivity contribution in [3.63, 3.8) is 0 Å². The highest BCUT2D eigenvalue weighted by atomic mass is 16.5. The molecule has 0 fully saturated rings. The van der Waals surface area contributed by atoms with Crippen molar-refractivity contribution in [3.05, 3.63) is 0 Å². The Morgan fingerprint density at radius 3 is 2.56 bits per heavy atom. The zero-order chi connectivity index (χ0) is 12.4. The summed E-state index contributed by atoms with van der Waals surface area (Å²) >= 11 is 0. The van der Waals surface area contributed by atoms with Crippen LogP contribution in [0.2, 0.25) is 0 Å². The Balaban J connectivity index is 3.87. The van der Waals surface area contributed by atoms with E-state index in [0.29, 0.717) is 13.0 Å². The topological polar surface area (TPSA) is 64.6 Å². The van der Waals surface area contributed by atoms with E-state index in [-0.39, 0.29) is 18.4 Å². The third kappa shape index (κ3) is 6.40. The van der Waals surface area contributed by atoms with E-state index >= 15 is 0 Å². The Hall–Kier alpha value is -1.10. The molecular formula is C11H21NO4. The van der Waals surface area contributed by atoms with Gasteiger partial charge < -0.3 is 14.8 Å². The molecule has 0 aliphatic rings. The van der Waals surface area contributed by atoms with Gasteiger partial charge in [-0.3, -0.25) is 9.59 Å². The highest BCUT2D eigenvalue weighted by molar-refractivity contribution is 5.77. The molecule has 0 aliphatic carbocycles. The van der Waals surface area contributed by atoms with Crippen molar-refractivity contribution in [1.29, 1.82) is 0 Å². The lowest BCUT2D eigenvalue weighted by molar-refractivity contribution is -0.147. The van der Waals surface area contributed by atoms with Gasteiger partial charge in [0, 0.05) is 6.42 Å². The minimum absolute atomic E-state index is 0.213. The normalized spacial score (nSPS) is 11.9. The van der Waals surface area contributed by atoms with E-state index in [4.69, 9.17) is 4.74 Å². The Kier molecular flexibility index (Phi) is 8.52. The first-order valence-corrected chi connectivity index (χ1v) is 5.56. The van der Waals surface area contributed by atoms with Gasteiger partial charge in [-0.2, -0.15) is 0 Å². The first kappa shape index (κ1) is 14.9. The first-order chi connectivity index (χ1) is 7.65. The van der Waals surface area contributed by atoms with Crippen molar-refractivity contribution in [3.8, 4) is 0 Å². The van der Waals surface area contributed by atoms with Crippen molar-refractivity contribution in [2.45, 2.75) is 38.6 Å². The summed E-state index contributed by atoms with van der Waals surface area (Å²) in [4.78, 5) is 22.4. The minimum Gasteiger partial charge on any atom is -0.469 e. The lowest BCUT2D eigenvalue weighted by Crippen LogP contribution is -2.36. The molecule has 0 bridgehead atoms. The van der Waals surface area contributed by atoms with Crippen LogP contribution < -0.4 is 5.32 Å². The number of methoxy groups -OCH3 is 1. The van der Waals surface area contributed by atoms with Crippen molar-refractivity contribution in [2.75, 3.05) is 20.8 Å². The van der Waals surface area contributed by atoms with Gasteiger partial charge in [-0.1, -0.05) is 13.3 Å². The summed E-state index contributed by atoms with van der Waals surface area (Å²) in [5, 5.41) is 2.83. The Labute approximate surface area is 96.5 Å². The maximum atomic E-state index is 11.5. The molecule has 0 rings (SSSR count). The van der Waals surface area contributed by atoms with Crippen molar-refractivity contribution >= 4 is 11.9 Å². The van der Waals surface area contributed by atoms with Gasteiger partial charge in [0.2, 0.25) is 0 Å². The molecule has 0 aliphatic heterocycles. The molecule has 5 heteroatoms. The quantitative estimate of drug-likeness (QED) is 0.496. The second-order valence-electron chi connectivity index (χ2n) is 3.48. The lowest BCUT2D eigenvalue weighted by atomic mass is 10.1. The summed E-state index contributed by atoms with van der Waals surface area (Å²) in [5.74, 6) is -0.624. The van der Waals surface area contributed by atoms with Crippen LogP contribution in [0.1, 0.15) is 32.6 Å². The van der Waals surface area contributed by atoms with Crippen LogP contribution in [0.4, 0.5) is 0 Å². The summed E-state index contributed by atoms with van der Waals surface area (Å²) in [6.45, 7) is 2.46. The van der Waals surface area contributed by atoms with Gasteiger partial charge in [-0.15, -0.1) is 0 Å². The maximum absolute atomic E-state index is 11.5. The molecular weight excluding hydrogens is 210 g/mol. The zero-order valence-corrected chi connectivity index (χ0v) is 10.2. The van der Waals surface area contributed by atoms with Crippen molar-refractivity contribution < 1.29 is 19.1 Å². The van der Waals surface area contributed by atoms with Crippen LogP contribution in [0.15, 0.2) is 0 Å². The molecule has 5 nitrogen and oxygen atoms in total. The third-order valence-corrected chi connectivity index (χ3v) is 2.24. The number of carbonyl (C=O) groups is 2. The third-order valence-electron chi connectivity index (χ3n) is 2.24. The van der Waals surface area contributed by atoms with Gasteiger partial charge in [0.1, 0.15) is 6.04 Å². The predicted molar refractivity (Wildman–Crippen MR) is 60.0 cm³/mol. The number of esters is 2. The smallest absolute Gasteiger partial charge is 0.323 e. The number of nitrogens with one attached hydrogen (secondary N) is 1. The van der Waals surface area contributed by atoms with E-state index in [1.807, 2.05) is 6.92 Å². The fourth-order valence-electron chi connectivity index (χ4n) is 1.16. The van der Waals surface area contributed by atoms with Crippen LogP contribution >= 0.6 is 0 Å². The number of ether oxygens (including phenoxy) is 2. The summed E-state index contributed by atoms with van der Waals surface area (Å²) in [7, 11) is 3.00. The van der Waals surface area contributed by atoms with Crippen molar-refractivity contribution in [2.24, 2.45) is 0 Å². The Bertz CT molecular complexity index is 218. The molecule has 0 aromatic carbocycles.